The largest absolute Gasteiger partial charge is 0.463 e. The molecular weight excluding hydrogens is 594 g/mol. The molecule has 2 heterocycles. The smallest absolute Gasteiger partial charge is 0.303 e. The summed E-state index contributed by atoms with van der Waals surface area (Å²) in [6.07, 6.45) is -6.44. The molecule has 11 heteroatoms. The summed E-state index contributed by atoms with van der Waals surface area (Å²) in [5.74, 6) is -2.40. The third kappa shape index (κ3) is 7.05. The average molecular weight is 630 g/mol. The van der Waals surface area contributed by atoms with Gasteiger partial charge in [-0.15, -0.1) is 0 Å². The summed E-state index contributed by atoms with van der Waals surface area (Å²) in [4.78, 5) is 48.2. The van der Waals surface area contributed by atoms with Gasteiger partial charge in [-0.05, 0) is 29.3 Å². The zero-order chi connectivity index (χ0) is 33.0. The van der Waals surface area contributed by atoms with Crippen molar-refractivity contribution in [2.45, 2.75) is 58.4 Å². The summed E-state index contributed by atoms with van der Waals surface area (Å²) in [5, 5.41) is 0.885. The van der Waals surface area contributed by atoms with Crippen molar-refractivity contribution in [1.82, 2.24) is 4.57 Å². The predicted molar refractivity (Wildman–Crippen MR) is 166 cm³/mol. The van der Waals surface area contributed by atoms with Crippen LogP contribution in [-0.2, 0) is 49.9 Å². The van der Waals surface area contributed by atoms with E-state index >= 15 is 0 Å². The molecule has 0 unspecified atom stereocenters. The number of hydrogen-bond donors (Lipinski definition) is 0. The van der Waals surface area contributed by atoms with Crippen LogP contribution in [0.2, 0.25) is 0 Å². The molecule has 1 fully saturated rings. The number of esters is 4. The van der Waals surface area contributed by atoms with Crippen LogP contribution in [0.15, 0.2) is 78.9 Å². The van der Waals surface area contributed by atoms with Crippen LogP contribution in [0.25, 0.3) is 33.3 Å². The number of carbonyl (C=O) groups is 4. The Kier molecular flexibility index (Phi) is 9.72. The lowest BCUT2D eigenvalue weighted by Crippen LogP contribution is -2.63. The summed E-state index contributed by atoms with van der Waals surface area (Å²) in [6.45, 7) is 4.38. The second-order valence-corrected chi connectivity index (χ2v) is 10.9. The first-order valence-corrected chi connectivity index (χ1v) is 14.7. The van der Waals surface area contributed by atoms with Gasteiger partial charge in [-0.3, -0.25) is 19.2 Å². The normalized spacial score (nSPS) is 20.8. The number of rotatable bonds is 9. The van der Waals surface area contributed by atoms with Gasteiger partial charge in [-0.2, -0.15) is 0 Å². The summed E-state index contributed by atoms with van der Waals surface area (Å²) in [7, 11) is 2.00. The minimum atomic E-state index is -1.35. The number of ether oxygens (including phenoxy) is 6. The molecule has 1 aliphatic rings. The maximum Gasteiger partial charge on any atom is 0.303 e. The van der Waals surface area contributed by atoms with Crippen molar-refractivity contribution in [3.05, 3.63) is 78.9 Å². The maximum atomic E-state index is 12.3. The molecule has 0 bridgehead atoms. The number of hydrogen-bond acceptors (Lipinski definition) is 10. The highest BCUT2D eigenvalue weighted by molar-refractivity contribution is 6.05. The molecule has 4 aromatic rings. The van der Waals surface area contributed by atoms with E-state index < -0.39 is 54.6 Å². The van der Waals surface area contributed by atoms with Crippen LogP contribution in [0.4, 0.5) is 0 Å². The molecule has 0 aliphatic carbocycles. The van der Waals surface area contributed by atoms with E-state index in [1.54, 1.807) is 6.07 Å². The monoisotopic (exact) mass is 629 g/mol. The van der Waals surface area contributed by atoms with Crippen LogP contribution < -0.4 is 4.74 Å². The number of benzene rings is 3. The lowest BCUT2D eigenvalue weighted by atomic mass is 9.97. The lowest BCUT2D eigenvalue weighted by molar-refractivity contribution is -0.288. The molecule has 1 aromatic heterocycles. The zero-order valence-corrected chi connectivity index (χ0v) is 26.1. The van der Waals surface area contributed by atoms with Crippen molar-refractivity contribution in [3.63, 3.8) is 0 Å². The number of fused-ring (bicyclic) bond motifs is 1. The van der Waals surface area contributed by atoms with Gasteiger partial charge in [-0.1, -0.05) is 60.7 Å². The van der Waals surface area contributed by atoms with E-state index in [-0.39, 0.29) is 6.61 Å². The van der Waals surface area contributed by atoms with Gasteiger partial charge in [-0.25, -0.2) is 0 Å². The third-order valence-corrected chi connectivity index (χ3v) is 7.48. The van der Waals surface area contributed by atoms with E-state index in [1.165, 1.54) is 27.7 Å². The van der Waals surface area contributed by atoms with Crippen molar-refractivity contribution in [1.29, 1.82) is 0 Å². The van der Waals surface area contributed by atoms with E-state index in [1.807, 2.05) is 67.7 Å². The quantitative estimate of drug-likeness (QED) is 0.185. The molecule has 0 spiro atoms. The standard InChI is InChI=1S/C35H35NO10/c1-20(37)41-19-29-32(42-21(2)38)33(43-22(3)39)34(44-23(4)40)35(46-29)45-26-16-17-28-27(18-26)30(24-12-8-6-9-13-24)31(36(28)5)25-14-10-7-11-15-25/h6-18,29,32-35H,19H2,1-5H3/t29-,32-,33+,34-,35-/m1/s1. The fourth-order valence-electron chi connectivity index (χ4n) is 5.75. The first-order chi connectivity index (χ1) is 22.0. The number of nitrogens with zero attached hydrogens (tertiary/aromatic N) is 1. The van der Waals surface area contributed by atoms with Gasteiger partial charge in [0, 0.05) is 51.2 Å². The van der Waals surface area contributed by atoms with Gasteiger partial charge in [0.1, 0.15) is 18.5 Å². The Morgan fingerprint density at radius 2 is 1.26 bits per heavy atom. The number of carbonyl (C=O) groups excluding carboxylic acids is 4. The minimum absolute atomic E-state index is 0.353. The Balaban J connectivity index is 1.60. The molecule has 0 saturated carbocycles. The van der Waals surface area contributed by atoms with Crippen LogP contribution in [0.3, 0.4) is 0 Å². The van der Waals surface area contributed by atoms with Gasteiger partial charge in [0.2, 0.25) is 12.4 Å². The van der Waals surface area contributed by atoms with Crippen molar-refractivity contribution >= 4 is 34.8 Å². The van der Waals surface area contributed by atoms with Gasteiger partial charge < -0.3 is 33.0 Å². The van der Waals surface area contributed by atoms with Gasteiger partial charge in [0.25, 0.3) is 0 Å². The second kappa shape index (κ2) is 13.9. The van der Waals surface area contributed by atoms with E-state index in [0.29, 0.717) is 5.75 Å². The third-order valence-electron chi connectivity index (χ3n) is 7.48. The van der Waals surface area contributed by atoms with E-state index in [0.717, 1.165) is 33.3 Å². The molecule has 11 nitrogen and oxygen atoms in total. The summed E-state index contributed by atoms with van der Waals surface area (Å²) in [5.41, 5.74) is 4.95. The van der Waals surface area contributed by atoms with Gasteiger partial charge in [0.05, 0.1) is 5.69 Å². The highest BCUT2D eigenvalue weighted by Gasteiger charge is 2.53. The second-order valence-electron chi connectivity index (χ2n) is 10.9. The zero-order valence-electron chi connectivity index (χ0n) is 26.1. The molecule has 240 valence electrons. The molecule has 46 heavy (non-hydrogen) atoms. The van der Waals surface area contributed by atoms with Crippen LogP contribution in [0.1, 0.15) is 27.7 Å². The average Bonchev–Trinajstić information content (AvgIpc) is 3.30. The van der Waals surface area contributed by atoms with Crippen molar-refractivity contribution in [2.75, 3.05) is 6.61 Å². The minimum Gasteiger partial charge on any atom is -0.463 e. The molecule has 1 aliphatic heterocycles. The Morgan fingerprint density at radius 3 is 1.85 bits per heavy atom. The van der Waals surface area contributed by atoms with Crippen LogP contribution in [0, 0.1) is 0 Å². The van der Waals surface area contributed by atoms with E-state index in [9.17, 15) is 19.2 Å². The number of aryl methyl sites for hydroxylation is 1. The molecule has 5 atom stereocenters. The van der Waals surface area contributed by atoms with Crippen LogP contribution >= 0.6 is 0 Å². The first-order valence-electron chi connectivity index (χ1n) is 14.7. The van der Waals surface area contributed by atoms with Gasteiger partial charge in [0.15, 0.2) is 12.2 Å². The molecule has 1 saturated heterocycles. The summed E-state index contributed by atoms with van der Waals surface area (Å²) >= 11 is 0. The Hall–Kier alpha value is -5.16. The molecule has 3 aromatic carbocycles. The fourth-order valence-corrected chi connectivity index (χ4v) is 5.75. The maximum absolute atomic E-state index is 12.3. The van der Waals surface area contributed by atoms with Crippen molar-refractivity contribution < 1.29 is 47.6 Å². The Morgan fingerprint density at radius 1 is 0.696 bits per heavy atom. The summed E-state index contributed by atoms with van der Waals surface area (Å²) in [6, 6.07) is 25.5. The lowest BCUT2D eigenvalue weighted by Gasteiger charge is -2.43. The first kappa shape index (κ1) is 32.2. The highest BCUT2D eigenvalue weighted by Crippen LogP contribution is 2.42. The molecule has 0 amide bonds. The van der Waals surface area contributed by atoms with Crippen LogP contribution in [-0.4, -0.2) is 65.8 Å². The SMILES string of the molecule is CC(=O)OC[C@H]1O[C@@H](Oc2ccc3c(c2)c(-c2ccccc2)c(-c2ccccc2)n3C)[C@H](OC(C)=O)[C@@H](OC(C)=O)[C@@H]1OC(C)=O. The van der Waals surface area contributed by atoms with Crippen molar-refractivity contribution in [3.8, 4) is 28.1 Å². The molecule has 5 rings (SSSR count). The topological polar surface area (TPSA) is 129 Å². The fraction of sp³-hybridized carbons (Fsp3) is 0.314. The van der Waals surface area contributed by atoms with E-state index in [2.05, 4.69) is 16.7 Å². The molecular formula is C35H35NO10. The van der Waals surface area contributed by atoms with Crippen molar-refractivity contribution in [2.24, 2.45) is 7.05 Å². The highest BCUT2D eigenvalue weighted by atomic mass is 16.7. The van der Waals surface area contributed by atoms with Crippen LogP contribution in [0.5, 0.6) is 5.75 Å². The Bertz CT molecular complexity index is 1730. The summed E-state index contributed by atoms with van der Waals surface area (Å²) < 4.78 is 36.4. The number of aromatic nitrogens is 1. The van der Waals surface area contributed by atoms with Gasteiger partial charge >= 0.3 is 23.9 Å². The Labute approximate surface area is 265 Å². The molecule has 0 N–H and O–H groups in total. The van der Waals surface area contributed by atoms with E-state index in [4.69, 9.17) is 28.4 Å². The molecule has 0 radical (unpaired) electrons. The predicted octanol–water partition coefficient (Wildman–Crippen LogP) is 4.97.